The molecule has 0 saturated heterocycles. The Hall–Kier alpha value is -1.47. The first-order valence-corrected chi connectivity index (χ1v) is 3.54. The lowest BCUT2D eigenvalue weighted by Gasteiger charge is -2.14. The Balaban J connectivity index is 0. The zero-order valence-corrected chi connectivity index (χ0v) is 7.60. The molecule has 2 unspecified atom stereocenters. The van der Waals surface area contributed by atoms with Crippen LogP contribution in [-0.4, -0.2) is 42.0 Å². The SMILES string of the molecule is COC(=O)C(N)C(CC=O)C(=O)O.O. The highest BCUT2D eigenvalue weighted by Gasteiger charge is 2.30. The molecule has 14 heavy (non-hydrogen) atoms. The second-order valence-corrected chi connectivity index (χ2v) is 2.40. The third-order valence-electron chi connectivity index (χ3n) is 1.57. The smallest absolute Gasteiger partial charge is 0.323 e. The molecular formula is C7H13NO6. The minimum Gasteiger partial charge on any atom is -0.481 e. The third-order valence-corrected chi connectivity index (χ3v) is 1.57. The molecule has 0 radical (unpaired) electrons. The number of ether oxygens (including phenoxy) is 1. The molecule has 5 N–H and O–H groups in total. The van der Waals surface area contributed by atoms with Crippen molar-refractivity contribution in [1.29, 1.82) is 0 Å². The molecule has 0 saturated carbocycles. The number of nitrogens with two attached hydrogens (primary N) is 1. The van der Waals surface area contributed by atoms with Gasteiger partial charge in [-0.05, 0) is 0 Å². The molecule has 0 aliphatic rings. The zero-order valence-electron chi connectivity index (χ0n) is 7.60. The van der Waals surface area contributed by atoms with E-state index in [-0.39, 0.29) is 11.9 Å². The lowest BCUT2D eigenvalue weighted by Crippen LogP contribution is -2.42. The molecule has 0 aromatic heterocycles. The van der Waals surface area contributed by atoms with Crippen LogP contribution in [0.2, 0.25) is 0 Å². The summed E-state index contributed by atoms with van der Waals surface area (Å²) in [5, 5.41) is 8.57. The maximum Gasteiger partial charge on any atom is 0.323 e. The van der Waals surface area contributed by atoms with Crippen LogP contribution in [0.5, 0.6) is 0 Å². The van der Waals surface area contributed by atoms with Crippen LogP contribution in [0.3, 0.4) is 0 Å². The van der Waals surface area contributed by atoms with Gasteiger partial charge in [-0.25, -0.2) is 0 Å². The van der Waals surface area contributed by atoms with Crippen molar-refractivity contribution in [2.45, 2.75) is 12.5 Å². The Kier molecular flexibility index (Phi) is 7.49. The van der Waals surface area contributed by atoms with E-state index in [0.717, 1.165) is 7.11 Å². The van der Waals surface area contributed by atoms with Crippen LogP contribution in [-0.2, 0) is 19.1 Å². The van der Waals surface area contributed by atoms with Crippen LogP contribution in [0.25, 0.3) is 0 Å². The number of carboxylic acids is 1. The van der Waals surface area contributed by atoms with Gasteiger partial charge in [-0.15, -0.1) is 0 Å². The number of aldehydes is 1. The summed E-state index contributed by atoms with van der Waals surface area (Å²) in [6.45, 7) is 0. The van der Waals surface area contributed by atoms with Crippen LogP contribution >= 0.6 is 0 Å². The van der Waals surface area contributed by atoms with Crippen molar-refractivity contribution in [3.8, 4) is 0 Å². The lowest BCUT2D eigenvalue weighted by molar-refractivity contribution is -0.152. The van der Waals surface area contributed by atoms with Gasteiger partial charge in [-0.2, -0.15) is 0 Å². The van der Waals surface area contributed by atoms with Crippen LogP contribution in [0.15, 0.2) is 0 Å². The van der Waals surface area contributed by atoms with Gasteiger partial charge in [0.1, 0.15) is 12.3 Å². The summed E-state index contributed by atoms with van der Waals surface area (Å²) in [5.41, 5.74) is 5.24. The van der Waals surface area contributed by atoms with Gasteiger partial charge in [-0.3, -0.25) is 9.59 Å². The quantitative estimate of drug-likeness (QED) is 0.393. The molecule has 0 amide bonds. The number of hydrogen-bond acceptors (Lipinski definition) is 5. The fourth-order valence-electron chi connectivity index (χ4n) is 0.805. The summed E-state index contributed by atoms with van der Waals surface area (Å²) < 4.78 is 4.25. The van der Waals surface area contributed by atoms with Crippen molar-refractivity contribution >= 4 is 18.2 Å². The molecule has 0 spiro atoms. The van der Waals surface area contributed by atoms with Gasteiger partial charge < -0.3 is 25.8 Å². The summed E-state index contributed by atoms with van der Waals surface area (Å²) >= 11 is 0. The second-order valence-electron chi connectivity index (χ2n) is 2.40. The van der Waals surface area contributed by atoms with E-state index in [9.17, 15) is 14.4 Å². The molecule has 2 atom stereocenters. The van der Waals surface area contributed by atoms with Gasteiger partial charge in [0.15, 0.2) is 0 Å². The van der Waals surface area contributed by atoms with Crippen LogP contribution in [0.1, 0.15) is 6.42 Å². The summed E-state index contributed by atoms with van der Waals surface area (Å²) in [7, 11) is 1.10. The van der Waals surface area contributed by atoms with E-state index in [1.54, 1.807) is 0 Å². The highest BCUT2D eigenvalue weighted by Crippen LogP contribution is 2.07. The van der Waals surface area contributed by atoms with Crippen molar-refractivity contribution in [2.75, 3.05) is 7.11 Å². The second kappa shape index (κ2) is 6.98. The number of esters is 1. The molecule has 0 heterocycles. The molecule has 7 nitrogen and oxygen atoms in total. The predicted molar refractivity (Wildman–Crippen MR) is 45.4 cm³/mol. The molecule has 0 fully saturated rings. The van der Waals surface area contributed by atoms with Gasteiger partial charge in [-0.1, -0.05) is 0 Å². The largest absolute Gasteiger partial charge is 0.481 e. The number of carbonyl (C=O) groups is 3. The van der Waals surface area contributed by atoms with Crippen molar-refractivity contribution in [1.82, 2.24) is 0 Å². The Bertz CT molecular complexity index is 216. The number of hydrogen-bond donors (Lipinski definition) is 2. The zero-order chi connectivity index (χ0) is 10.4. The molecule has 0 aliphatic heterocycles. The van der Waals surface area contributed by atoms with Crippen molar-refractivity contribution in [3.05, 3.63) is 0 Å². The molecule has 0 rings (SSSR count). The molecule has 0 bridgehead atoms. The number of carbonyl (C=O) groups excluding carboxylic acids is 2. The molecular weight excluding hydrogens is 194 g/mol. The molecule has 7 heteroatoms. The van der Waals surface area contributed by atoms with E-state index in [0.29, 0.717) is 6.29 Å². The topological polar surface area (TPSA) is 138 Å². The Morgan fingerprint density at radius 2 is 2.07 bits per heavy atom. The summed E-state index contributed by atoms with van der Waals surface area (Å²) in [6.07, 6.45) is 0.104. The Labute approximate surface area is 80.1 Å². The maximum absolute atomic E-state index is 10.8. The van der Waals surface area contributed by atoms with Crippen molar-refractivity contribution in [2.24, 2.45) is 11.7 Å². The van der Waals surface area contributed by atoms with E-state index in [1.807, 2.05) is 0 Å². The number of methoxy groups -OCH3 is 1. The number of aliphatic carboxylic acids is 1. The molecule has 82 valence electrons. The average Bonchev–Trinajstić information content (AvgIpc) is 2.11. The first-order valence-electron chi connectivity index (χ1n) is 3.54. The van der Waals surface area contributed by atoms with Gasteiger partial charge in [0.2, 0.25) is 0 Å². The summed E-state index contributed by atoms with van der Waals surface area (Å²) in [6, 6.07) is -1.30. The minimum absolute atomic E-state index is 0. The summed E-state index contributed by atoms with van der Waals surface area (Å²) in [4.78, 5) is 31.4. The molecule has 0 aliphatic carbocycles. The Morgan fingerprint density at radius 3 is 2.36 bits per heavy atom. The number of rotatable bonds is 5. The van der Waals surface area contributed by atoms with Gasteiger partial charge in [0, 0.05) is 6.42 Å². The van der Waals surface area contributed by atoms with E-state index in [4.69, 9.17) is 10.8 Å². The molecule has 0 aromatic rings. The normalized spacial score (nSPS) is 13.3. The predicted octanol–water partition coefficient (Wildman–Crippen LogP) is -2.05. The molecule has 0 aromatic carbocycles. The van der Waals surface area contributed by atoms with E-state index < -0.39 is 23.9 Å². The highest BCUT2D eigenvalue weighted by molar-refractivity contribution is 5.85. The fraction of sp³-hybridized carbons (Fsp3) is 0.571. The maximum atomic E-state index is 10.8. The number of carboxylic acid groups (broad SMARTS) is 1. The highest BCUT2D eigenvalue weighted by atomic mass is 16.5. The minimum atomic E-state index is -1.30. The average molecular weight is 207 g/mol. The third kappa shape index (κ3) is 3.97. The standard InChI is InChI=1S/C7H11NO5.H2O/c1-13-7(12)5(8)4(2-3-9)6(10)11;/h3-5H,2,8H2,1H3,(H,10,11);1H2. The van der Waals surface area contributed by atoms with Crippen LogP contribution < -0.4 is 5.73 Å². The lowest BCUT2D eigenvalue weighted by atomic mass is 9.98. The first-order chi connectivity index (χ1) is 6.04. The van der Waals surface area contributed by atoms with Crippen molar-refractivity contribution < 1.29 is 29.7 Å². The monoisotopic (exact) mass is 207 g/mol. The van der Waals surface area contributed by atoms with Crippen LogP contribution in [0, 0.1) is 5.92 Å². The van der Waals surface area contributed by atoms with Crippen LogP contribution in [0.4, 0.5) is 0 Å². The van der Waals surface area contributed by atoms with Crippen molar-refractivity contribution in [3.63, 3.8) is 0 Å². The summed E-state index contributed by atoms with van der Waals surface area (Å²) in [5.74, 6) is -3.34. The van der Waals surface area contributed by atoms with Gasteiger partial charge >= 0.3 is 11.9 Å². The van der Waals surface area contributed by atoms with Gasteiger partial charge in [0.25, 0.3) is 0 Å². The fourth-order valence-corrected chi connectivity index (χ4v) is 0.805. The van der Waals surface area contributed by atoms with E-state index in [2.05, 4.69) is 4.74 Å². The van der Waals surface area contributed by atoms with E-state index >= 15 is 0 Å². The van der Waals surface area contributed by atoms with E-state index in [1.165, 1.54) is 0 Å². The van der Waals surface area contributed by atoms with Gasteiger partial charge in [0.05, 0.1) is 13.0 Å². The first kappa shape index (κ1) is 15.0. The Morgan fingerprint density at radius 1 is 1.57 bits per heavy atom.